The molecule has 2 aromatic heterocycles. The van der Waals surface area contributed by atoms with Gasteiger partial charge in [-0.2, -0.15) is 4.98 Å². The predicted molar refractivity (Wildman–Crippen MR) is 101 cm³/mol. The Morgan fingerprint density at radius 2 is 2.00 bits per heavy atom. The van der Waals surface area contributed by atoms with Crippen molar-refractivity contribution >= 4 is 34.1 Å². The molecule has 2 heterocycles. The molecule has 0 aliphatic carbocycles. The molecule has 0 aliphatic rings. The first-order valence-corrected chi connectivity index (χ1v) is 10.6. The van der Waals surface area contributed by atoms with E-state index in [1.54, 1.807) is 6.92 Å². The van der Waals surface area contributed by atoms with Gasteiger partial charge in [0, 0.05) is 13.3 Å². The number of anilines is 1. The number of carbonyl (C=O) groups excluding carboxylic acids is 1. The van der Waals surface area contributed by atoms with Crippen LogP contribution in [0, 0.1) is 6.92 Å². The minimum absolute atomic E-state index is 0.0903. The smallest absolute Gasteiger partial charge is 0.236 e. The molecule has 138 valence electrons. The minimum Gasteiger partial charge on any atom is -0.340 e. The summed E-state index contributed by atoms with van der Waals surface area (Å²) in [6.45, 7) is 3.97. The highest BCUT2D eigenvalue weighted by Gasteiger charge is 2.09. The molecule has 9 heteroatoms. The summed E-state index contributed by atoms with van der Waals surface area (Å²) < 4.78 is 4.89. The Labute approximate surface area is 156 Å². The molecule has 0 aliphatic heterocycles. The van der Waals surface area contributed by atoms with Crippen molar-refractivity contribution in [2.75, 3.05) is 11.1 Å². The van der Waals surface area contributed by atoms with Gasteiger partial charge in [-0.1, -0.05) is 55.5 Å². The Morgan fingerprint density at radius 1 is 1.20 bits per heavy atom. The molecule has 25 heavy (non-hydrogen) atoms. The summed E-state index contributed by atoms with van der Waals surface area (Å²) in [4.78, 5) is 16.0. The number of nitrogens with zero attached hydrogens (tertiary/aromatic N) is 4. The number of aryl methyl sites for hydroxylation is 2. The Bertz CT molecular complexity index is 644. The highest BCUT2D eigenvalue weighted by Crippen LogP contribution is 2.18. The van der Waals surface area contributed by atoms with Crippen LogP contribution in [0.2, 0.25) is 0 Å². The van der Waals surface area contributed by atoms with Crippen molar-refractivity contribution in [3.8, 4) is 0 Å². The summed E-state index contributed by atoms with van der Waals surface area (Å²) in [5.74, 6) is 1.91. The lowest BCUT2D eigenvalue weighted by atomic mass is 10.1. The summed E-state index contributed by atoms with van der Waals surface area (Å²) in [7, 11) is 0. The van der Waals surface area contributed by atoms with Crippen LogP contribution in [-0.2, 0) is 17.0 Å². The van der Waals surface area contributed by atoms with Gasteiger partial charge in [0.05, 0.1) is 11.5 Å². The van der Waals surface area contributed by atoms with E-state index in [1.807, 2.05) is 0 Å². The predicted octanol–water partition coefficient (Wildman–Crippen LogP) is 4.00. The SMILES string of the molecule is CCCCCCCCc1nnc(NC(=O)CSCc2noc(C)n2)s1. The molecule has 2 aromatic rings. The zero-order valence-electron chi connectivity index (χ0n) is 14.8. The van der Waals surface area contributed by atoms with Gasteiger partial charge in [0.2, 0.25) is 16.9 Å². The second-order valence-electron chi connectivity index (χ2n) is 5.79. The number of thioether (sulfide) groups is 1. The van der Waals surface area contributed by atoms with E-state index in [0.717, 1.165) is 17.8 Å². The first-order chi connectivity index (χ1) is 12.2. The maximum atomic E-state index is 11.9. The van der Waals surface area contributed by atoms with Gasteiger partial charge in [0.15, 0.2) is 5.82 Å². The van der Waals surface area contributed by atoms with E-state index in [4.69, 9.17) is 4.52 Å². The molecule has 2 rings (SSSR count). The van der Waals surface area contributed by atoms with Crippen molar-refractivity contribution in [2.45, 2.75) is 64.5 Å². The van der Waals surface area contributed by atoms with E-state index >= 15 is 0 Å². The molecule has 0 fully saturated rings. The third-order valence-corrected chi connectivity index (χ3v) is 5.32. The van der Waals surface area contributed by atoms with Crippen LogP contribution in [0.4, 0.5) is 5.13 Å². The average molecular weight is 384 g/mol. The second-order valence-corrected chi connectivity index (χ2v) is 7.84. The number of nitrogens with one attached hydrogen (secondary N) is 1. The molecule has 1 amide bonds. The molecule has 0 bridgehead atoms. The first-order valence-electron chi connectivity index (χ1n) is 8.66. The monoisotopic (exact) mass is 383 g/mol. The number of amides is 1. The van der Waals surface area contributed by atoms with E-state index in [-0.39, 0.29) is 5.91 Å². The molecular formula is C16H25N5O2S2. The Morgan fingerprint density at radius 3 is 2.76 bits per heavy atom. The molecule has 0 aromatic carbocycles. The van der Waals surface area contributed by atoms with Crippen LogP contribution in [0.25, 0.3) is 0 Å². The highest BCUT2D eigenvalue weighted by atomic mass is 32.2. The topological polar surface area (TPSA) is 93.8 Å². The van der Waals surface area contributed by atoms with Crippen LogP contribution in [-0.4, -0.2) is 32.0 Å². The lowest BCUT2D eigenvalue weighted by Gasteiger charge is -1.99. The molecule has 0 radical (unpaired) electrons. The average Bonchev–Trinajstić information content (AvgIpc) is 3.20. The fourth-order valence-corrected chi connectivity index (χ4v) is 3.71. The number of hydrogen-bond donors (Lipinski definition) is 1. The third kappa shape index (κ3) is 7.96. The third-order valence-electron chi connectivity index (χ3n) is 3.49. The normalized spacial score (nSPS) is 11.0. The quantitative estimate of drug-likeness (QED) is 0.553. The van der Waals surface area contributed by atoms with Gasteiger partial charge in [-0.25, -0.2) is 0 Å². The molecular weight excluding hydrogens is 358 g/mol. The van der Waals surface area contributed by atoms with Gasteiger partial charge >= 0.3 is 0 Å². The number of rotatable bonds is 12. The number of carbonyl (C=O) groups is 1. The maximum absolute atomic E-state index is 11.9. The lowest BCUT2D eigenvalue weighted by molar-refractivity contribution is -0.113. The minimum atomic E-state index is -0.0903. The summed E-state index contributed by atoms with van der Waals surface area (Å²) in [6, 6.07) is 0. The number of aromatic nitrogens is 4. The molecule has 7 nitrogen and oxygen atoms in total. The van der Waals surface area contributed by atoms with Crippen molar-refractivity contribution in [1.29, 1.82) is 0 Å². The van der Waals surface area contributed by atoms with Gasteiger partial charge in [-0.15, -0.1) is 22.0 Å². The Balaban J connectivity index is 1.60. The standard InChI is InChI=1S/C16H25N5O2S2/c1-3-4-5-6-7-8-9-15-19-20-16(25-15)18-14(22)11-24-10-13-17-12(2)23-21-13/h3-11H2,1-2H3,(H,18,20,22). The van der Waals surface area contributed by atoms with E-state index in [1.165, 1.54) is 55.2 Å². The fraction of sp³-hybridized carbons (Fsp3) is 0.688. The molecule has 0 saturated heterocycles. The zero-order valence-corrected chi connectivity index (χ0v) is 16.4. The molecule has 0 saturated carbocycles. The van der Waals surface area contributed by atoms with E-state index in [9.17, 15) is 4.79 Å². The van der Waals surface area contributed by atoms with Crippen molar-refractivity contribution in [2.24, 2.45) is 0 Å². The lowest BCUT2D eigenvalue weighted by Crippen LogP contribution is -2.14. The van der Waals surface area contributed by atoms with Crippen LogP contribution >= 0.6 is 23.1 Å². The van der Waals surface area contributed by atoms with Crippen molar-refractivity contribution in [3.63, 3.8) is 0 Å². The number of hydrogen-bond acceptors (Lipinski definition) is 8. The molecule has 1 N–H and O–H groups in total. The largest absolute Gasteiger partial charge is 0.340 e. The summed E-state index contributed by atoms with van der Waals surface area (Å²) in [5, 5.41) is 16.3. The van der Waals surface area contributed by atoms with Gasteiger partial charge in [-0.3, -0.25) is 10.1 Å². The van der Waals surface area contributed by atoms with E-state index in [2.05, 4.69) is 32.6 Å². The summed E-state index contributed by atoms with van der Waals surface area (Å²) >= 11 is 2.90. The van der Waals surface area contributed by atoms with Crippen LogP contribution in [0.3, 0.4) is 0 Å². The van der Waals surface area contributed by atoms with Crippen LogP contribution in [0.15, 0.2) is 4.52 Å². The van der Waals surface area contributed by atoms with Gasteiger partial charge in [-0.05, 0) is 6.42 Å². The van der Waals surface area contributed by atoms with Gasteiger partial charge < -0.3 is 4.52 Å². The van der Waals surface area contributed by atoms with Crippen LogP contribution in [0.1, 0.15) is 62.2 Å². The summed E-state index contributed by atoms with van der Waals surface area (Å²) in [6.07, 6.45) is 8.49. The van der Waals surface area contributed by atoms with Gasteiger partial charge in [0.1, 0.15) is 5.01 Å². The van der Waals surface area contributed by atoms with Crippen LogP contribution in [0.5, 0.6) is 0 Å². The summed E-state index contributed by atoms with van der Waals surface area (Å²) in [5.41, 5.74) is 0. The molecule has 0 unspecified atom stereocenters. The van der Waals surface area contributed by atoms with Crippen molar-refractivity contribution in [3.05, 3.63) is 16.7 Å². The second kappa shape index (κ2) is 11.2. The molecule has 0 spiro atoms. The van der Waals surface area contributed by atoms with Crippen molar-refractivity contribution < 1.29 is 9.32 Å². The number of unbranched alkanes of at least 4 members (excludes halogenated alkanes) is 5. The zero-order chi connectivity index (χ0) is 17.9. The Kier molecular flexibility index (Phi) is 8.89. The van der Waals surface area contributed by atoms with E-state index in [0.29, 0.717) is 28.4 Å². The molecule has 0 atom stereocenters. The fourth-order valence-electron chi connectivity index (χ4n) is 2.25. The van der Waals surface area contributed by atoms with Gasteiger partial charge in [0.25, 0.3) is 0 Å². The Hall–Kier alpha value is -1.48. The van der Waals surface area contributed by atoms with Crippen LogP contribution < -0.4 is 5.32 Å². The van der Waals surface area contributed by atoms with E-state index < -0.39 is 0 Å². The van der Waals surface area contributed by atoms with Crippen molar-refractivity contribution in [1.82, 2.24) is 20.3 Å². The first kappa shape index (κ1) is 19.8. The highest BCUT2D eigenvalue weighted by molar-refractivity contribution is 7.99. The maximum Gasteiger partial charge on any atom is 0.236 e.